The fraction of sp³-hybridized carbons (Fsp3) is 0.483. The number of nitrogens with zero attached hydrogens (tertiary/aromatic N) is 3. The Morgan fingerprint density at radius 3 is 2.58 bits per heavy atom. The number of benzene rings is 2. The first kappa shape index (κ1) is 26.0. The average Bonchev–Trinajstić information content (AvgIpc) is 3.34. The van der Waals surface area contributed by atoms with Crippen molar-refractivity contribution in [1.82, 2.24) is 14.5 Å². The minimum Gasteiger partial charge on any atom is -0.496 e. The molecule has 0 bridgehead atoms. The van der Waals surface area contributed by atoms with Gasteiger partial charge in [-0.2, -0.15) is 0 Å². The van der Waals surface area contributed by atoms with Gasteiger partial charge in [0.2, 0.25) is 0 Å². The quantitative estimate of drug-likeness (QED) is 0.407. The number of ether oxygens (including phenoxy) is 3. The third-order valence-corrected chi connectivity index (χ3v) is 7.97. The molecule has 8 nitrogen and oxygen atoms in total. The molecule has 2 heterocycles. The smallest absolute Gasteiger partial charge is 0.409 e. The second-order valence-electron chi connectivity index (χ2n) is 10.1. The Balaban J connectivity index is 1.65. The zero-order valence-electron chi connectivity index (χ0n) is 22.2. The summed E-state index contributed by atoms with van der Waals surface area (Å²) in [4.78, 5) is 32.3. The standard InChI is InChI=1S/C29H34FN3O5/c1-36-25-12-10-20(30)15-21(25)23(28(34)37-2)17-33-24-11-9-18-13-14-32(29(35)38-3)16-22(18)26(24)31-27(33)19-7-5-4-6-8-19/h9-12,15,19,23H,4-8,13-14,16-17H2,1-3H3. The molecule has 0 spiro atoms. The van der Waals surface area contributed by atoms with E-state index in [-0.39, 0.29) is 18.6 Å². The van der Waals surface area contributed by atoms with Crippen LogP contribution in [0.25, 0.3) is 11.0 Å². The van der Waals surface area contributed by atoms with Gasteiger partial charge in [-0.15, -0.1) is 0 Å². The second-order valence-corrected chi connectivity index (χ2v) is 10.1. The Morgan fingerprint density at radius 1 is 1.08 bits per heavy atom. The third kappa shape index (κ3) is 4.81. The van der Waals surface area contributed by atoms with Crippen molar-refractivity contribution >= 4 is 23.1 Å². The summed E-state index contributed by atoms with van der Waals surface area (Å²) in [5.74, 6) is -0.119. The van der Waals surface area contributed by atoms with Crippen LogP contribution in [0.5, 0.6) is 5.75 Å². The number of carbonyl (C=O) groups is 2. The maximum absolute atomic E-state index is 14.4. The number of halogens is 1. The number of esters is 1. The lowest BCUT2D eigenvalue weighted by Crippen LogP contribution is -2.35. The van der Waals surface area contributed by atoms with E-state index < -0.39 is 17.7 Å². The van der Waals surface area contributed by atoms with Crippen LogP contribution in [0.3, 0.4) is 0 Å². The normalized spacial score (nSPS) is 16.7. The van der Waals surface area contributed by atoms with Crippen molar-refractivity contribution in [2.45, 2.75) is 63.5 Å². The maximum Gasteiger partial charge on any atom is 0.409 e. The van der Waals surface area contributed by atoms with Gasteiger partial charge in [0, 0.05) is 30.1 Å². The fourth-order valence-corrected chi connectivity index (χ4v) is 5.99. The van der Waals surface area contributed by atoms with E-state index in [1.54, 1.807) is 4.90 Å². The number of imidazole rings is 1. The van der Waals surface area contributed by atoms with Crippen molar-refractivity contribution in [3.63, 3.8) is 0 Å². The van der Waals surface area contributed by atoms with Crippen molar-refractivity contribution in [1.29, 1.82) is 0 Å². The molecule has 0 N–H and O–H groups in total. The molecule has 1 atom stereocenters. The predicted octanol–water partition coefficient (Wildman–Crippen LogP) is 5.31. The summed E-state index contributed by atoms with van der Waals surface area (Å²) in [5, 5.41) is 0. The molecule has 38 heavy (non-hydrogen) atoms. The number of fused-ring (bicyclic) bond motifs is 3. The Bertz CT molecular complexity index is 1350. The van der Waals surface area contributed by atoms with Crippen LogP contribution < -0.4 is 4.74 Å². The van der Waals surface area contributed by atoms with E-state index in [9.17, 15) is 14.0 Å². The average molecular weight is 524 g/mol. The van der Waals surface area contributed by atoms with Gasteiger partial charge in [-0.25, -0.2) is 14.2 Å². The van der Waals surface area contributed by atoms with Gasteiger partial charge in [0.1, 0.15) is 23.3 Å². The molecule has 2 aromatic carbocycles. The predicted molar refractivity (Wildman–Crippen MR) is 140 cm³/mol. The lowest BCUT2D eigenvalue weighted by molar-refractivity contribution is -0.142. The molecule has 3 aromatic rings. The van der Waals surface area contributed by atoms with Gasteiger partial charge in [-0.1, -0.05) is 25.3 Å². The molecule has 5 rings (SSSR count). The van der Waals surface area contributed by atoms with Crippen LogP contribution in [0.2, 0.25) is 0 Å². The molecule has 1 unspecified atom stereocenters. The SMILES string of the molecule is COC(=O)C(Cn1c(C2CCCCC2)nc2c3c(ccc21)CCN(C(=O)OC)C3)c1cc(F)ccc1OC. The Morgan fingerprint density at radius 2 is 1.87 bits per heavy atom. The number of carbonyl (C=O) groups excluding carboxylic acids is 2. The van der Waals surface area contributed by atoms with E-state index in [0.29, 0.717) is 24.4 Å². The van der Waals surface area contributed by atoms with E-state index in [4.69, 9.17) is 19.2 Å². The molecule has 1 aliphatic carbocycles. The van der Waals surface area contributed by atoms with Crippen LogP contribution in [-0.2, 0) is 33.8 Å². The van der Waals surface area contributed by atoms with Crippen LogP contribution in [0.1, 0.15) is 66.5 Å². The molecule has 0 saturated heterocycles. The van der Waals surface area contributed by atoms with Gasteiger partial charge in [0.25, 0.3) is 0 Å². The van der Waals surface area contributed by atoms with Crippen molar-refractivity contribution < 1.29 is 28.2 Å². The number of hydrogen-bond acceptors (Lipinski definition) is 6. The van der Waals surface area contributed by atoms with Gasteiger partial charge < -0.3 is 23.7 Å². The van der Waals surface area contributed by atoms with Crippen LogP contribution in [0.4, 0.5) is 9.18 Å². The van der Waals surface area contributed by atoms with E-state index in [0.717, 1.165) is 60.1 Å². The fourth-order valence-electron chi connectivity index (χ4n) is 5.99. The van der Waals surface area contributed by atoms with Gasteiger partial charge in [0.05, 0.1) is 38.9 Å². The molecule has 9 heteroatoms. The zero-order valence-corrected chi connectivity index (χ0v) is 22.2. The lowest BCUT2D eigenvalue weighted by atomic mass is 9.88. The largest absolute Gasteiger partial charge is 0.496 e. The summed E-state index contributed by atoms with van der Waals surface area (Å²) >= 11 is 0. The molecule has 202 valence electrons. The number of hydrogen-bond donors (Lipinski definition) is 0. The topological polar surface area (TPSA) is 82.9 Å². The summed E-state index contributed by atoms with van der Waals surface area (Å²) in [6, 6.07) is 8.34. The third-order valence-electron chi connectivity index (χ3n) is 7.97. The maximum atomic E-state index is 14.4. The van der Waals surface area contributed by atoms with Crippen LogP contribution in [-0.4, -0.2) is 54.4 Å². The number of methoxy groups -OCH3 is 3. The molecule has 1 saturated carbocycles. The summed E-state index contributed by atoms with van der Waals surface area (Å²) in [7, 11) is 4.24. The highest BCUT2D eigenvalue weighted by Gasteiger charge is 2.32. The van der Waals surface area contributed by atoms with Gasteiger partial charge in [-0.3, -0.25) is 4.79 Å². The number of rotatable bonds is 6. The van der Waals surface area contributed by atoms with Crippen molar-refractivity contribution in [2.24, 2.45) is 0 Å². The minimum absolute atomic E-state index is 0.230. The molecule has 1 amide bonds. The summed E-state index contributed by atoms with van der Waals surface area (Å²) in [6.45, 7) is 1.23. The van der Waals surface area contributed by atoms with Crippen LogP contribution in [0.15, 0.2) is 30.3 Å². The molecule has 1 fully saturated rings. The van der Waals surface area contributed by atoms with E-state index in [1.807, 2.05) is 0 Å². The monoisotopic (exact) mass is 523 g/mol. The van der Waals surface area contributed by atoms with E-state index in [1.165, 1.54) is 45.9 Å². The molecule has 1 aliphatic heterocycles. The van der Waals surface area contributed by atoms with Crippen molar-refractivity contribution in [2.75, 3.05) is 27.9 Å². The van der Waals surface area contributed by atoms with Gasteiger partial charge >= 0.3 is 12.1 Å². The van der Waals surface area contributed by atoms with Crippen LogP contribution in [0, 0.1) is 5.82 Å². The van der Waals surface area contributed by atoms with Crippen molar-refractivity contribution in [3.05, 3.63) is 58.7 Å². The van der Waals surface area contributed by atoms with Gasteiger partial charge in [-0.05, 0) is 49.1 Å². The van der Waals surface area contributed by atoms with Crippen molar-refractivity contribution in [3.8, 4) is 5.75 Å². The minimum atomic E-state index is -0.798. The number of aromatic nitrogens is 2. The molecular weight excluding hydrogens is 489 g/mol. The Kier molecular flexibility index (Phi) is 7.53. The first-order chi connectivity index (χ1) is 18.4. The Labute approximate surface area is 221 Å². The second kappa shape index (κ2) is 11.0. The highest BCUT2D eigenvalue weighted by Crippen LogP contribution is 2.38. The molecule has 0 radical (unpaired) electrons. The first-order valence-electron chi connectivity index (χ1n) is 13.2. The highest BCUT2D eigenvalue weighted by atomic mass is 19.1. The molecule has 1 aromatic heterocycles. The lowest BCUT2D eigenvalue weighted by Gasteiger charge is -2.27. The summed E-state index contributed by atoms with van der Waals surface area (Å²) < 4.78 is 32.1. The number of amides is 1. The van der Waals surface area contributed by atoms with E-state index >= 15 is 0 Å². The zero-order chi connectivity index (χ0) is 26.8. The van der Waals surface area contributed by atoms with E-state index in [2.05, 4.69) is 16.7 Å². The van der Waals surface area contributed by atoms with Gasteiger partial charge in [0.15, 0.2) is 0 Å². The molecular formula is C29H34FN3O5. The highest BCUT2D eigenvalue weighted by molar-refractivity contribution is 5.84. The molecule has 2 aliphatic rings. The van der Waals surface area contributed by atoms with Crippen LogP contribution >= 0.6 is 0 Å². The summed E-state index contributed by atoms with van der Waals surface area (Å²) in [6.07, 6.45) is 5.85. The Hall–Kier alpha value is -3.62. The first-order valence-corrected chi connectivity index (χ1v) is 13.2. The summed E-state index contributed by atoms with van der Waals surface area (Å²) in [5.41, 5.74) is 4.33.